The molecule has 0 amide bonds. The topological polar surface area (TPSA) is 145 Å². The van der Waals surface area contributed by atoms with Crippen LogP contribution in [0.25, 0.3) is 21.1 Å². The minimum atomic E-state index is -2.95. The van der Waals surface area contributed by atoms with E-state index in [4.69, 9.17) is 28.1 Å². The van der Waals surface area contributed by atoms with Crippen molar-refractivity contribution in [1.82, 2.24) is 0 Å². The number of aryl methyl sites for hydroxylation is 5. The van der Waals surface area contributed by atoms with Crippen LogP contribution in [-0.4, -0.2) is 51.9 Å². The summed E-state index contributed by atoms with van der Waals surface area (Å²) in [6.45, 7) is 57.5. The van der Waals surface area contributed by atoms with Crippen LogP contribution in [0.5, 0.6) is 11.5 Å². The molecule has 0 atom stereocenters. The Kier molecular flexibility index (Phi) is 28.5. The van der Waals surface area contributed by atoms with Crippen molar-refractivity contribution in [2.45, 2.75) is 263 Å². The second-order valence-electron chi connectivity index (χ2n) is 34.1. The molecule has 5 aliphatic heterocycles. The van der Waals surface area contributed by atoms with Gasteiger partial charge in [0.2, 0.25) is 6.79 Å². The Balaban J connectivity index is 0.000000156. The van der Waals surface area contributed by atoms with Gasteiger partial charge >= 0.3 is 11.9 Å². The van der Waals surface area contributed by atoms with Crippen LogP contribution in [0.4, 0.5) is 0 Å². The molecule has 0 radical (unpaired) electrons. The number of furan rings is 1. The lowest BCUT2D eigenvalue weighted by Gasteiger charge is -2.24. The molecule has 1 aliphatic carbocycles. The highest BCUT2D eigenvalue weighted by Crippen LogP contribution is 2.42. The number of thiophene rings is 1. The van der Waals surface area contributed by atoms with Gasteiger partial charge in [-0.2, -0.15) is 0 Å². The monoisotopic (exact) mass is 1500 g/mol. The highest BCUT2D eigenvalue weighted by atomic mass is 32.2. The molecule has 2 aromatic heterocycles. The van der Waals surface area contributed by atoms with Crippen LogP contribution in [-0.2, 0) is 48.1 Å². The van der Waals surface area contributed by atoms with Crippen LogP contribution in [0.15, 0.2) is 137 Å². The zero-order valence-electron chi connectivity index (χ0n) is 69.8. The van der Waals surface area contributed by atoms with Gasteiger partial charge in [-0.15, -0.1) is 11.3 Å². The Morgan fingerprint density at radius 1 is 0.454 bits per heavy atom. The SMILES string of the molecule is CC(C)C1CCOCC1.CC(C)c1ccc2c(c1)C(=O)C(C)(C)C2.CC(C)c1ccc2c(c1)C(=O)OC2(C)C.CC(C)c1ccc2c(c1)C(C)(C)OC2=O.CC(C)c1ccc2c(c1)CCS2(=O)=O.CC(C)c1ccc2c(c1)OCO2.Cc1oc2cc(C(C)C)ccc2c1C.Cc1sc2cc(C(C)C)ccc2c1C. The van der Waals surface area contributed by atoms with Crippen LogP contribution in [0.2, 0.25) is 0 Å². The van der Waals surface area contributed by atoms with Crippen molar-refractivity contribution in [3.05, 3.63) is 227 Å². The largest absolute Gasteiger partial charge is 0.461 e. The van der Waals surface area contributed by atoms with Crippen LogP contribution in [0.1, 0.15) is 321 Å². The molecule has 582 valence electrons. The third-order valence-electron chi connectivity index (χ3n) is 21.9. The van der Waals surface area contributed by atoms with Gasteiger partial charge in [-0.25, -0.2) is 18.0 Å². The Morgan fingerprint density at radius 2 is 0.926 bits per heavy atom. The summed E-state index contributed by atoms with van der Waals surface area (Å²) in [4.78, 5) is 37.3. The summed E-state index contributed by atoms with van der Waals surface area (Å²) in [6, 6.07) is 43.5. The first-order valence-corrected chi connectivity index (χ1v) is 41.7. The van der Waals surface area contributed by atoms with Crippen molar-refractivity contribution < 1.29 is 50.9 Å². The number of sulfone groups is 1. The standard InChI is InChI=1S/C14H18O.2C13H16O2.C13H16O.C13H16S.C11H14O2S.C10H12O2.C8H16O/c1-9(2)10-5-6-11-8-14(3,4)13(15)12(11)7-10;1-8(2)9-5-6-11-10(7-9)12(14)15-13(11,3)4;1-8(2)9-5-6-10-11(7-9)13(3,4)15-12(10)14;2*1-8(2)11-5-6-12-9(3)10(4)14-13(12)7-11;1-8(2)9-3-4-11-10(7-9)5-6-14(11,12)13;1-7(2)8-3-4-9-10(5-8)12-6-11-9;1-7(2)8-3-5-9-6-4-8/h5-7,9H,8H2,1-4H3;2*5-8H,1-4H3;2*5-8H,1-4H3;3-4,7-8H,5-6H2,1-2H3;3-5,7H,6H2,1-2H3;7-8H,3-6H2,1-2H3. The first-order valence-electron chi connectivity index (χ1n) is 39.3. The number of carbonyl (C=O) groups excluding carboxylic acids is 3. The number of hydrogen-bond donors (Lipinski definition) is 0. The van der Waals surface area contributed by atoms with Gasteiger partial charge in [-0.1, -0.05) is 203 Å². The van der Waals surface area contributed by atoms with E-state index in [0.717, 1.165) is 82.1 Å². The Bertz CT molecular complexity index is 4660. The van der Waals surface area contributed by atoms with Gasteiger partial charge in [-0.3, -0.25) is 4.79 Å². The third kappa shape index (κ3) is 21.0. The maximum atomic E-state index is 12.1. The molecular weight excluding hydrogens is 1380 g/mol. The zero-order valence-corrected chi connectivity index (χ0v) is 71.4. The molecule has 0 unspecified atom stereocenters. The van der Waals surface area contributed by atoms with E-state index >= 15 is 0 Å². The van der Waals surface area contributed by atoms with Crippen molar-refractivity contribution in [3.63, 3.8) is 0 Å². The smallest absolute Gasteiger partial charge is 0.339 e. The van der Waals surface area contributed by atoms with Gasteiger partial charge in [0.15, 0.2) is 27.1 Å². The van der Waals surface area contributed by atoms with Crippen LogP contribution in [0.3, 0.4) is 0 Å². The van der Waals surface area contributed by atoms with E-state index in [1.54, 1.807) is 6.07 Å². The Labute approximate surface area is 651 Å². The van der Waals surface area contributed by atoms with Gasteiger partial charge in [-0.05, 0) is 249 Å². The first-order chi connectivity index (χ1) is 50.5. The van der Waals surface area contributed by atoms with Crippen molar-refractivity contribution in [1.29, 1.82) is 0 Å². The lowest BCUT2D eigenvalue weighted by Crippen LogP contribution is -2.19. The van der Waals surface area contributed by atoms with E-state index in [1.165, 1.54) is 88.8 Å². The summed E-state index contributed by atoms with van der Waals surface area (Å²) in [6.07, 6.45) is 4.12. The number of esters is 2. The fourth-order valence-corrected chi connectivity index (χ4v) is 16.7. The van der Waals surface area contributed by atoms with Crippen LogP contribution < -0.4 is 9.47 Å². The highest BCUT2D eigenvalue weighted by molar-refractivity contribution is 7.91. The third-order valence-corrected chi connectivity index (χ3v) is 24.9. The quantitative estimate of drug-likeness (QED) is 0.134. The molecule has 0 bridgehead atoms. The fraction of sp³-hybridized carbons (Fsp3) is 0.484. The number of ketones is 1. The molecule has 0 spiro atoms. The number of Topliss-reactive ketones (excluding diaryl/α,β-unsaturated/α-hetero) is 1. The number of ether oxygens (including phenoxy) is 5. The minimum absolute atomic E-state index is 0.196. The molecular formula is C95H124O11S2. The van der Waals surface area contributed by atoms with Crippen molar-refractivity contribution >= 4 is 60.0 Å². The molecule has 1 saturated heterocycles. The minimum Gasteiger partial charge on any atom is -0.461 e. The van der Waals surface area contributed by atoms with Gasteiger partial charge in [0, 0.05) is 50.3 Å². The number of rotatable bonds is 8. The average molecular weight is 1510 g/mol. The van der Waals surface area contributed by atoms with E-state index in [1.807, 2.05) is 108 Å². The summed E-state index contributed by atoms with van der Waals surface area (Å²) in [5.41, 5.74) is 18.2. The maximum Gasteiger partial charge on any atom is 0.339 e. The molecule has 13 heteroatoms. The second kappa shape index (κ2) is 35.9. The number of cyclic esters (lactones) is 2. The summed E-state index contributed by atoms with van der Waals surface area (Å²) in [5.74, 6) is 8.33. The molecule has 11 nitrogen and oxygen atoms in total. The second-order valence-corrected chi connectivity index (χ2v) is 37.5. The maximum absolute atomic E-state index is 12.1. The van der Waals surface area contributed by atoms with E-state index in [-0.39, 0.29) is 23.1 Å². The predicted octanol–water partition coefficient (Wildman–Crippen LogP) is 25.6. The molecule has 15 rings (SSSR count). The van der Waals surface area contributed by atoms with Crippen molar-refractivity contribution in [3.8, 4) is 11.5 Å². The van der Waals surface area contributed by atoms with E-state index in [9.17, 15) is 22.8 Å². The van der Waals surface area contributed by atoms with Gasteiger partial charge in [0.25, 0.3) is 0 Å². The average Bonchev–Trinajstić information content (AvgIpc) is 1.63. The Morgan fingerprint density at radius 3 is 1.51 bits per heavy atom. The van der Waals surface area contributed by atoms with Gasteiger partial charge in [0.1, 0.15) is 22.5 Å². The molecule has 0 N–H and O–H groups in total. The number of hydrogen-bond acceptors (Lipinski definition) is 12. The predicted molar refractivity (Wildman–Crippen MR) is 447 cm³/mol. The molecule has 7 heterocycles. The van der Waals surface area contributed by atoms with Crippen molar-refractivity contribution in [2.75, 3.05) is 25.8 Å². The molecule has 1 fully saturated rings. The summed E-state index contributed by atoms with van der Waals surface area (Å²) in [7, 11) is -2.95. The fourth-order valence-electron chi connectivity index (χ4n) is 14.0. The molecule has 6 aliphatic rings. The number of carbonyl (C=O) groups is 3. The van der Waals surface area contributed by atoms with Crippen LogP contribution in [0, 0.1) is 44.9 Å². The number of fused-ring (bicyclic) bond motifs is 7. The molecule has 7 aromatic carbocycles. The molecule has 0 saturated carbocycles. The van der Waals surface area contributed by atoms with Gasteiger partial charge < -0.3 is 28.1 Å². The van der Waals surface area contributed by atoms with E-state index in [2.05, 4.69) is 204 Å². The summed E-state index contributed by atoms with van der Waals surface area (Å²) in [5, 5.41) is 2.67. The van der Waals surface area contributed by atoms with Crippen molar-refractivity contribution in [2.24, 2.45) is 17.3 Å². The Hall–Kier alpha value is -7.84. The van der Waals surface area contributed by atoms with E-state index in [0.29, 0.717) is 70.9 Å². The summed E-state index contributed by atoms with van der Waals surface area (Å²) < 4.78 is 56.6. The van der Waals surface area contributed by atoms with E-state index < -0.39 is 21.0 Å². The highest BCUT2D eigenvalue weighted by Gasteiger charge is 2.40. The molecule has 108 heavy (non-hydrogen) atoms. The molecule has 9 aromatic rings. The van der Waals surface area contributed by atoms with Gasteiger partial charge in [0.05, 0.1) is 21.8 Å². The zero-order chi connectivity index (χ0) is 79.8. The van der Waals surface area contributed by atoms with Crippen LogP contribution >= 0.6 is 11.3 Å². The normalized spacial score (nSPS) is 16.3. The number of benzene rings is 7. The lowest BCUT2D eigenvalue weighted by molar-refractivity contribution is 0.00841. The first kappa shape index (κ1) is 85.8. The summed E-state index contributed by atoms with van der Waals surface area (Å²) >= 11 is 1.91. The lowest BCUT2D eigenvalue weighted by atomic mass is 9.89.